The van der Waals surface area contributed by atoms with Crippen molar-refractivity contribution < 1.29 is 9.26 Å². The van der Waals surface area contributed by atoms with Gasteiger partial charge < -0.3 is 15.0 Å². The third-order valence-electron chi connectivity index (χ3n) is 1.79. The zero-order valence-electron chi connectivity index (χ0n) is 8.15. The standard InChI is InChI=1S/C8H15N3O2/c1-4-6(12-3)7-10-8(5(2)9)13-11-7/h5-6H,4,9H2,1-3H3/t5-,6?/m1/s1. The maximum absolute atomic E-state index is 5.57. The predicted octanol–water partition coefficient (Wildman–Crippen LogP) is 1.19. The monoisotopic (exact) mass is 185 g/mol. The van der Waals surface area contributed by atoms with Crippen LogP contribution in [0.15, 0.2) is 4.52 Å². The minimum absolute atomic E-state index is 0.101. The number of ether oxygens (including phenoxy) is 1. The number of aromatic nitrogens is 2. The van der Waals surface area contributed by atoms with E-state index in [2.05, 4.69) is 10.1 Å². The van der Waals surface area contributed by atoms with E-state index >= 15 is 0 Å². The molecule has 74 valence electrons. The molecular weight excluding hydrogens is 170 g/mol. The minimum atomic E-state index is -0.226. The normalized spacial score (nSPS) is 15.7. The minimum Gasteiger partial charge on any atom is -0.373 e. The van der Waals surface area contributed by atoms with Gasteiger partial charge in [0, 0.05) is 7.11 Å². The fourth-order valence-electron chi connectivity index (χ4n) is 1.02. The second-order valence-electron chi connectivity index (χ2n) is 2.91. The highest BCUT2D eigenvalue weighted by Crippen LogP contribution is 2.17. The van der Waals surface area contributed by atoms with Crippen LogP contribution in [0.5, 0.6) is 0 Å². The predicted molar refractivity (Wildman–Crippen MR) is 46.9 cm³/mol. The molecule has 0 aliphatic rings. The number of hydrogen-bond acceptors (Lipinski definition) is 5. The second kappa shape index (κ2) is 4.34. The lowest BCUT2D eigenvalue weighted by Crippen LogP contribution is -2.06. The third-order valence-corrected chi connectivity index (χ3v) is 1.79. The van der Waals surface area contributed by atoms with Gasteiger partial charge in [-0.15, -0.1) is 0 Å². The molecule has 1 unspecified atom stereocenters. The number of methoxy groups -OCH3 is 1. The van der Waals surface area contributed by atoms with Gasteiger partial charge in [0.15, 0.2) is 0 Å². The summed E-state index contributed by atoms with van der Waals surface area (Å²) in [5.41, 5.74) is 5.57. The van der Waals surface area contributed by atoms with Crippen LogP contribution in [0.4, 0.5) is 0 Å². The van der Waals surface area contributed by atoms with Crippen molar-refractivity contribution in [3.63, 3.8) is 0 Å². The highest BCUT2D eigenvalue weighted by atomic mass is 16.5. The Morgan fingerprint density at radius 2 is 2.31 bits per heavy atom. The summed E-state index contributed by atoms with van der Waals surface area (Å²) in [5.74, 6) is 1.02. The smallest absolute Gasteiger partial charge is 0.243 e. The van der Waals surface area contributed by atoms with Gasteiger partial charge >= 0.3 is 0 Å². The molecular formula is C8H15N3O2. The summed E-state index contributed by atoms with van der Waals surface area (Å²) in [6.07, 6.45) is 0.713. The van der Waals surface area contributed by atoms with Gasteiger partial charge in [-0.05, 0) is 13.3 Å². The Bertz CT molecular complexity index is 256. The molecule has 0 amide bonds. The van der Waals surface area contributed by atoms with Gasteiger partial charge in [-0.25, -0.2) is 0 Å². The SMILES string of the molecule is CCC(OC)c1noc([C@@H](C)N)n1. The van der Waals surface area contributed by atoms with Gasteiger partial charge in [0.2, 0.25) is 11.7 Å². The number of nitrogens with zero attached hydrogens (tertiary/aromatic N) is 2. The first-order valence-corrected chi connectivity index (χ1v) is 4.30. The molecule has 0 radical (unpaired) electrons. The molecule has 2 atom stereocenters. The first-order chi connectivity index (χ1) is 6.19. The fraction of sp³-hybridized carbons (Fsp3) is 0.750. The van der Waals surface area contributed by atoms with Crippen LogP contribution in [0.2, 0.25) is 0 Å². The second-order valence-corrected chi connectivity index (χ2v) is 2.91. The molecule has 0 spiro atoms. The Labute approximate surface area is 77.3 Å². The summed E-state index contributed by atoms with van der Waals surface area (Å²) < 4.78 is 10.1. The molecule has 0 saturated heterocycles. The van der Waals surface area contributed by atoms with E-state index in [0.29, 0.717) is 11.7 Å². The van der Waals surface area contributed by atoms with Gasteiger partial charge in [0.05, 0.1) is 6.04 Å². The summed E-state index contributed by atoms with van der Waals surface area (Å²) in [4.78, 5) is 4.12. The van der Waals surface area contributed by atoms with Crippen molar-refractivity contribution in [3.8, 4) is 0 Å². The van der Waals surface area contributed by atoms with Crippen LogP contribution in [0, 0.1) is 0 Å². The van der Waals surface area contributed by atoms with E-state index in [-0.39, 0.29) is 12.1 Å². The topological polar surface area (TPSA) is 74.2 Å². The highest BCUT2D eigenvalue weighted by Gasteiger charge is 2.17. The fourth-order valence-corrected chi connectivity index (χ4v) is 1.02. The lowest BCUT2D eigenvalue weighted by atomic mass is 10.2. The van der Waals surface area contributed by atoms with Crippen LogP contribution in [-0.4, -0.2) is 17.3 Å². The van der Waals surface area contributed by atoms with Crippen molar-refractivity contribution in [1.29, 1.82) is 0 Å². The Morgan fingerprint density at radius 1 is 1.62 bits per heavy atom. The number of rotatable bonds is 4. The Hall–Kier alpha value is -0.940. The first kappa shape index (κ1) is 10.1. The van der Waals surface area contributed by atoms with Gasteiger partial charge in [-0.3, -0.25) is 0 Å². The van der Waals surface area contributed by atoms with Crippen LogP contribution in [0.1, 0.15) is 44.1 Å². The molecule has 0 fully saturated rings. The summed E-state index contributed by atoms with van der Waals surface area (Å²) in [7, 11) is 1.62. The van der Waals surface area contributed by atoms with Crippen molar-refractivity contribution in [3.05, 3.63) is 11.7 Å². The molecule has 1 rings (SSSR count). The summed E-state index contributed by atoms with van der Waals surface area (Å²) in [6, 6.07) is -0.226. The molecule has 5 nitrogen and oxygen atoms in total. The zero-order chi connectivity index (χ0) is 9.84. The molecule has 0 bridgehead atoms. The van der Waals surface area contributed by atoms with Crippen LogP contribution >= 0.6 is 0 Å². The molecule has 1 heterocycles. The molecule has 2 N–H and O–H groups in total. The van der Waals surface area contributed by atoms with Gasteiger partial charge in [-0.2, -0.15) is 4.98 Å². The quantitative estimate of drug-likeness (QED) is 0.762. The highest BCUT2D eigenvalue weighted by molar-refractivity contribution is 4.93. The number of nitrogens with two attached hydrogens (primary N) is 1. The summed E-state index contributed by atoms with van der Waals surface area (Å²) >= 11 is 0. The molecule has 0 aliphatic heterocycles. The van der Waals surface area contributed by atoms with E-state index in [0.717, 1.165) is 6.42 Å². The maximum atomic E-state index is 5.57. The average molecular weight is 185 g/mol. The van der Waals surface area contributed by atoms with Crippen LogP contribution in [-0.2, 0) is 4.74 Å². The third kappa shape index (κ3) is 2.26. The molecule has 5 heteroatoms. The van der Waals surface area contributed by atoms with E-state index in [1.54, 1.807) is 14.0 Å². The number of hydrogen-bond donors (Lipinski definition) is 1. The van der Waals surface area contributed by atoms with Crippen LogP contribution in [0.25, 0.3) is 0 Å². The van der Waals surface area contributed by atoms with Gasteiger partial charge in [-0.1, -0.05) is 12.1 Å². The van der Waals surface area contributed by atoms with Crippen molar-refractivity contribution >= 4 is 0 Å². The Kier molecular flexibility index (Phi) is 3.39. The lowest BCUT2D eigenvalue weighted by Gasteiger charge is -2.06. The van der Waals surface area contributed by atoms with Crippen LogP contribution < -0.4 is 5.73 Å². The van der Waals surface area contributed by atoms with E-state index in [1.807, 2.05) is 6.92 Å². The van der Waals surface area contributed by atoms with Crippen LogP contribution in [0.3, 0.4) is 0 Å². The van der Waals surface area contributed by atoms with E-state index in [4.69, 9.17) is 15.0 Å². The van der Waals surface area contributed by atoms with Gasteiger partial charge in [0.25, 0.3) is 0 Å². The Morgan fingerprint density at radius 3 is 2.69 bits per heavy atom. The molecule has 0 saturated carbocycles. The van der Waals surface area contributed by atoms with E-state index in [1.165, 1.54) is 0 Å². The van der Waals surface area contributed by atoms with Gasteiger partial charge in [0.1, 0.15) is 6.10 Å². The van der Waals surface area contributed by atoms with Crippen molar-refractivity contribution in [2.24, 2.45) is 5.73 Å². The molecule has 0 aromatic carbocycles. The van der Waals surface area contributed by atoms with E-state index < -0.39 is 0 Å². The lowest BCUT2D eigenvalue weighted by molar-refractivity contribution is 0.0903. The van der Waals surface area contributed by atoms with Crippen molar-refractivity contribution in [1.82, 2.24) is 10.1 Å². The Balaban J connectivity index is 2.78. The summed E-state index contributed by atoms with van der Waals surface area (Å²) in [6.45, 7) is 3.79. The van der Waals surface area contributed by atoms with E-state index in [9.17, 15) is 0 Å². The average Bonchev–Trinajstić information content (AvgIpc) is 2.56. The summed E-state index contributed by atoms with van der Waals surface area (Å²) in [5, 5.41) is 3.79. The first-order valence-electron chi connectivity index (χ1n) is 4.30. The molecule has 1 aromatic rings. The molecule has 0 aliphatic carbocycles. The molecule has 1 aromatic heterocycles. The van der Waals surface area contributed by atoms with Crippen molar-refractivity contribution in [2.45, 2.75) is 32.4 Å². The largest absolute Gasteiger partial charge is 0.373 e. The van der Waals surface area contributed by atoms with Crippen molar-refractivity contribution in [2.75, 3.05) is 7.11 Å². The molecule has 13 heavy (non-hydrogen) atoms. The maximum Gasteiger partial charge on any atom is 0.243 e. The zero-order valence-corrected chi connectivity index (χ0v) is 8.15.